The van der Waals surface area contributed by atoms with Gasteiger partial charge in [0.05, 0.1) is 32.2 Å². The SMILES string of the molecule is COc1ccc(-c2cc(-c3ccc(OC)cc3)n(Cc3ccc(F)cc3Cl)n2)cc1. The summed E-state index contributed by atoms with van der Waals surface area (Å²) >= 11 is 6.26. The Balaban J connectivity index is 1.77. The van der Waals surface area contributed by atoms with Gasteiger partial charge in [-0.05, 0) is 72.3 Å². The Morgan fingerprint density at radius 1 is 0.833 bits per heavy atom. The highest BCUT2D eigenvalue weighted by Crippen LogP contribution is 2.30. The molecular weight excluding hydrogens is 403 g/mol. The Bertz CT molecular complexity index is 1160. The summed E-state index contributed by atoms with van der Waals surface area (Å²) in [7, 11) is 3.27. The molecule has 0 saturated carbocycles. The van der Waals surface area contributed by atoms with Crippen LogP contribution in [0, 0.1) is 5.82 Å². The largest absolute Gasteiger partial charge is 0.497 e. The number of halogens is 2. The number of nitrogens with zero attached hydrogens (tertiary/aromatic N) is 2. The van der Waals surface area contributed by atoms with Gasteiger partial charge in [0.2, 0.25) is 0 Å². The van der Waals surface area contributed by atoms with Crippen LogP contribution in [-0.4, -0.2) is 24.0 Å². The highest BCUT2D eigenvalue weighted by molar-refractivity contribution is 6.31. The van der Waals surface area contributed by atoms with E-state index in [-0.39, 0.29) is 5.82 Å². The number of hydrogen-bond acceptors (Lipinski definition) is 3. The molecule has 0 aliphatic heterocycles. The van der Waals surface area contributed by atoms with E-state index < -0.39 is 0 Å². The van der Waals surface area contributed by atoms with Gasteiger partial charge in [-0.1, -0.05) is 17.7 Å². The minimum atomic E-state index is -0.362. The van der Waals surface area contributed by atoms with Crippen molar-refractivity contribution >= 4 is 11.6 Å². The Kier molecular flexibility index (Phi) is 5.72. The molecule has 4 nitrogen and oxygen atoms in total. The van der Waals surface area contributed by atoms with Crippen molar-refractivity contribution in [3.05, 3.63) is 89.2 Å². The van der Waals surface area contributed by atoms with Crippen LogP contribution < -0.4 is 9.47 Å². The first-order chi connectivity index (χ1) is 14.6. The summed E-state index contributed by atoms with van der Waals surface area (Å²) in [4.78, 5) is 0. The average Bonchev–Trinajstić information content (AvgIpc) is 3.19. The third-order valence-corrected chi connectivity index (χ3v) is 5.24. The van der Waals surface area contributed by atoms with Gasteiger partial charge in [-0.15, -0.1) is 0 Å². The van der Waals surface area contributed by atoms with Crippen LogP contribution in [0.3, 0.4) is 0 Å². The van der Waals surface area contributed by atoms with E-state index in [0.717, 1.165) is 39.6 Å². The molecule has 1 heterocycles. The molecule has 4 rings (SSSR count). The lowest BCUT2D eigenvalue weighted by Gasteiger charge is -2.10. The Hall–Kier alpha value is -3.31. The number of methoxy groups -OCH3 is 2. The lowest BCUT2D eigenvalue weighted by molar-refractivity contribution is 0.414. The number of aromatic nitrogens is 2. The fraction of sp³-hybridized carbons (Fsp3) is 0.125. The van der Waals surface area contributed by atoms with Crippen LogP contribution in [0.5, 0.6) is 11.5 Å². The summed E-state index contributed by atoms with van der Waals surface area (Å²) in [5.41, 5.74) is 4.48. The second-order valence-electron chi connectivity index (χ2n) is 6.77. The molecule has 3 aromatic carbocycles. The molecule has 6 heteroatoms. The molecule has 0 aliphatic carbocycles. The molecule has 0 amide bonds. The van der Waals surface area contributed by atoms with Crippen molar-refractivity contribution in [3.63, 3.8) is 0 Å². The topological polar surface area (TPSA) is 36.3 Å². The lowest BCUT2D eigenvalue weighted by Crippen LogP contribution is -2.05. The van der Waals surface area contributed by atoms with Gasteiger partial charge < -0.3 is 9.47 Å². The molecule has 0 saturated heterocycles. The first-order valence-corrected chi connectivity index (χ1v) is 9.76. The van der Waals surface area contributed by atoms with E-state index in [4.69, 9.17) is 26.2 Å². The maximum atomic E-state index is 13.5. The quantitative estimate of drug-likeness (QED) is 0.378. The third-order valence-electron chi connectivity index (χ3n) is 4.89. The molecule has 0 N–H and O–H groups in total. The molecule has 30 heavy (non-hydrogen) atoms. The minimum Gasteiger partial charge on any atom is -0.497 e. The molecule has 0 bridgehead atoms. The standard InChI is InChI=1S/C24H20ClFN2O2/c1-29-20-9-4-16(5-10-20)23-14-24(17-6-11-21(30-2)12-7-17)28(27-23)15-18-3-8-19(26)13-22(18)25/h3-14H,15H2,1-2H3. The van der Waals surface area contributed by atoms with Crippen molar-refractivity contribution in [2.75, 3.05) is 14.2 Å². The third kappa shape index (κ3) is 4.16. The van der Waals surface area contributed by atoms with Gasteiger partial charge in [0, 0.05) is 16.1 Å². The summed E-state index contributed by atoms with van der Waals surface area (Å²) in [6.07, 6.45) is 0. The molecular formula is C24H20ClFN2O2. The average molecular weight is 423 g/mol. The van der Waals surface area contributed by atoms with Crippen LogP contribution in [-0.2, 0) is 6.54 Å². The second kappa shape index (κ2) is 8.59. The predicted octanol–water partition coefficient (Wildman–Crippen LogP) is 6.08. The molecule has 4 aromatic rings. The first-order valence-electron chi connectivity index (χ1n) is 9.38. The van der Waals surface area contributed by atoms with Crippen molar-refractivity contribution in [3.8, 4) is 34.0 Å². The van der Waals surface area contributed by atoms with Crippen molar-refractivity contribution in [1.82, 2.24) is 9.78 Å². The summed E-state index contributed by atoms with van der Waals surface area (Å²) in [6.45, 7) is 0.413. The molecule has 0 fully saturated rings. The maximum Gasteiger partial charge on any atom is 0.124 e. The zero-order valence-corrected chi connectivity index (χ0v) is 17.4. The molecule has 0 spiro atoms. The van der Waals surface area contributed by atoms with Gasteiger partial charge in [-0.25, -0.2) is 4.39 Å². The highest BCUT2D eigenvalue weighted by Gasteiger charge is 2.14. The fourth-order valence-electron chi connectivity index (χ4n) is 3.25. The van der Waals surface area contributed by atoms with Crippen LogP contribution in [0.25, 0.3) is 22.5 Å². The fourth-order valence-corrected chi connectivity index (χ4v) is 3.47. The summed E-state index contributed by atoms with van der Waals surface area (Å²) in [5, 5.41) is 5.18. The maximum absolute atomic E-state index is 13.5. The van der Waals surface area contributed by atoms with Crippen molar-refractivity contribution < 1.29 is 13.9 Å². The summed E-state index contributed by atoms with van der Waals surface area (Å²) < 4.78 is 25.8. The van der Waals surface area contributed by atoms with E-state index in [1.165, 1.54) is 12.1 Å². The van der Waals surface area contributed by atoms with Crippen LogP contribution in [0.1, 0.15) is 5.56 Å². The van der Waals surface area contributed by atoms with Gasteiger partial charge in [-0.2, -0.15) is 5.10 Å². The number of rotatable bonds is 6. The van der Waals surface area contributed by atoms with E-state index >= 15 is 0 Å². The minimum absolute atomic E-state index is 0.362. The van der Waals surface area contributed by atoms with Gasteiger partial charge in [0.1, 0.15) is 17.3 Å². The van der Waals surface area contributed by atoms with E-state index in [1.54, 1.807) is 20.3 Å². The monoisotopic (exact) mass is 422 g/mol. The smallest absolute Gasteiger partial charge is 0.124 e. The lowest BCUT2D eigenvalue weighted by atomic mass is 10.1. The van der Waals surface area contributed by atoms with Crippen LogP contribution >= 0.6 is 11.6 Å². The van der Waals surface area contributed by atoms with Gasteiger partial charge in [-0.3, -0.25) is 4.68 Å². The number of benzene rings is 3. The normalized spacial score (nSPS) is 10.8. The van der Waals surface area contributed by atoms with E-state index in [0.29, 0.717) is 11.6 Å². The Morgan fingerprint density at radius 2 is 1.43 bits per heavy atom. The molecule has 152 valence electrons. The van der Waals surface area contributed by atoms with Crippen LogP contribution in [0.15, 0.2) is 72.8 Å². The molecule has 1 aromatic heterocycles. The first kappa shape index (κ1) is 20.0. The van der Waals surface area contributed by atoms with Crippen molar-refractivity contribution in [2.24, 2.45) is 0 Å². The van der Waals surface area contributed by atoms with E-state index in [1.807, 2.05) is 59.3 Å². The second-order valence-corrected chi connectivity index (χ2v) is 7.17. The molecule has 0 aliphatic rings. The molecule has 0 atom stereocenters. The zero-order valence-electron chi connectivity index (χ0n) is 16.6. The van der Waals surface area contributed by atoms with Gasteiger partial charge >= 0.3 is 0 Å². The number of ether oxygens (including phenoxy) is 2. The Labute approximate surface area is 179 Å². The molecule has 0 unspecified atom stereocenters. The summed E-state index contributed by atoms with van der Waals surface area (Å²) in [5.74, 6) is 1.20. The van der Waals surface area contributed by atoms with Gasteiger partial charge in [0.25, 0.3) is 0 Å². The molecule has 0 radical (unpaired) electrons. The van der Waals surface area contributed by atoms with Crippen molar-refractivity contribution in [1.29, 1.82) is 0 Å². The van der Waals surface area contributed by atoms with E-state index in [9.17, 15) is 4.39 Å². The van der Waals surface area contributed by atoms with Crippen LogP contribution in [0.2, 0.25) is 5.02 Å². The predicted molar refractivity (Wildman–Crippen MR) is 117 cm³/mol. The van der Waals surface area contributed by atoms with Crippen molar-refractivity contribution in [2.45, 2.75) is 6.54 Å². The van der Waals surface area contributed by atoms with Gasteiger partial charge in [0.15, 0.2) is 0 Å². The zero-order chi connectivity index (χ0) is 21.1. The van der Waals surface area contributed by atoms with E-state index in [2.05, 4.69) is 0 Å². The number of hydrogen-bond donors (Lipinski definition) is 0. The Morgan fingerprint density at radius 3 is 2.00 bits per heavy atom. The highest BCUT2D eigenvalue weighted by atomic mass is 35.5. The summed E-state index contributed by atoms with van der Waals surface area (Å²) in [6, 6.07) is 22.0. The van der Waals surface area contributed by atoms with Crippen LogP contribution in [0.4, 0.5) is 4.39 Å².